The highest BCUT2D eigenvalue weighted by atomic mass is 16.4. The van der Waals surface area contributed by atoms with E-state index < -0.39 is 30.4 Å². The van der Waals surface area contributed by atoms with Gasteiger partial charge in [-0.15, -0.1) is 0 Å². The van der Waals surface area contributed by atoms with E-state index in [0.717, 1.165) is 0 Å². The van der Waals surface area contributed by atoms with Crippen molar-refractivity contribution in [3.05, 3.63) is 0 Å². The summed E-state index contributed by atoms with van der Waals surface area (Å²) in [5.74, 6) is -2.14. The molecular weight excluding hydrogens is 152 g/mol. The number of Topliss-reactive ketones (excluding diaryl/α,β-unsaturated/α-hetero) is 1. The standard InChI is InChI=1S/C6H10O5/c1-3(7)4(8)2-5(9)6(10)11/h3,5,7,9H,2H2,1H3,(H,10,11). The fourth-order valence-corrected chi connectivity index (χ4v) is 0.448. The molecule has 0 radical (unpaired) electrons. The van der Waals surface area contributed by atoms with Gasteiger partial charge in [0.25, 0.3) is 0 Å². The summed E-state index contributed by atoms with van der Waals surface area (Å²) in [6.07, 6.45) is -3.48. The second kappa shape index (κ2) is 4.05. The van der Waals surface area contributed by atoms with E-state index in [1.54, 1.807) is 0 Å². The van der Waals surface area contributed by atoms with Crippen molar-refractivity contribution in [2.75, 3.05) is 0 Å². The molecule has 2 atom stereocenters. The molecule has 2 unspecified atom stereocenters. The van der Waals surface area contributed by atoms with Crippen molar-refractivity contribution < 1.29 is 24.9 Å². The van der Waals surface area contributed by atoms with E-state index in [2.05, 4.69) is 0 Å². The third-order valence-electron chi connectivity index (χ3n) is 1.15. The number of hydrogen-bond acceptors (Lipinski definition) is 4. The fourth-order valence-electron chi connectivity index (χ4n) is 0.448. The second-order valence-electron chi connectivity index (χ2n) is 2.20. The molecule has 0 aromatic heterocycles. The molecule has 0 amide bonds. The van der Waals surface area contributed by atoms with E-state index in [1.807, 2.05) is 0 Å². The Kier molecular flexibility index (Phi) is 3.70. The molecular formula is C6H10O5. The largest absolute Gasteiger partial charge is 0.479 e. The van der Waals surface area contributed by atoms with Crippen LogP contribution in [0.5, 0.6) is 0 Å². The number of carboxylic acids is 1. The first-order valence-electron chi connectivity index (χ1n) is 3.06. The van der Waals surface area contributed by atoms with Gasteiger partial charge in [0.1, 0.15) is 6.10 Å². The predicted molar refractivity (Wildman–Crippen MR) is 34.9 cm³/mol. The molecule has 0 fully saturated rings. The number of aliphatic hydroxyl groups excluding tert-OH is 2. The Balaban J connectivity index is 3.85. The summed E-state index contributed by atoms with van der Waals surface area (Å²) in [5, 5.41) is 25.3. The van der Waals surface area contributed by atoms with Crippen LogP contribution in [0.1, 0.15) is 13.3 Å². The number of rotatable bonds is 4. The summed E-state index contributed by atoms with van der Waals surface area (Å²) in [5.41, 5.74) is 0. The Labute approximate surface area is 63.3 Å². The Morgan fingerprint density at radius 1 is 1.36 bits per heavy atom. The SMILES string of the molecule is CC(O)C(=O)CC(O)C(=O)O. The highest BCUT2D eigenvalue weighted by molar-refractivity contribution is 5.87. The zero-order valence-corrected chi connectivity index (χ0v) is 6.02. The Morgan fingerprint density at radius 2 is 1.82 bits per heavy atom. The number of aliphatic hydroxyl groups is 2. The number of carbonyl (C=O) groups excluding carboxylic acids is 1. The maximum Gasteiger partial charge on any atom is 0.332 e. The van der Waals surface area contributed by atoms with Gasteiger partial charge in [-0.05, 0) is 6.92 Å². The van der Waals surface area contributed by atoms with E-state index in [0.29, 0.717) is 0 Å². The van der Waals surface area contributed by atoms with Crippen LogP contribution in [0, 0.1) is 0 Å². The van der Waals surface area contributed by atoms with E-state index in [1.165, 1.54) is 6.92 Å². The van der Waals surface area contributed by atoms with Gasteiger partial charge in [0.15, 0.2) is 11.9 Å². The molecule has 0 spiro atoms. The van der Waals surface area contributed by atoms with Crippen molar-refractivity contribution in [2.24, 2.45) is 0 Å². The van der Waals surface area contributed by atoms with Crippen LogP contribution < -0.4 is 0 Å². The van der Waals surface area contributed by atoms with Crippen LogP contribution in [0.3, 0.4) is 0 Å². The molecule has 0 aromatic rings. The first-order valence-corrected chi connectivity index (χ1v) is 3.06. The Bertz CT molecular complexity index is 162. The van der Waals surface area contributed by atoms with Crippen molar-refractivity contribution in [1.82, 2.24) is 0 Å². The summed E-state index contributed by atoms with van der Waals surface area (Å²) in [4.78, 5) is 20.6. The summed E-state index contributed by atoms with van der Waals surface area (Å²) < 4.78 is 0. The third-order valence-corrected chi connectivity index (χ3v) is 1.15. The van der Waals surface area contributed by atoms with Crippen LogP contribution in [0.4, 0.5) is 0 Å². The maximum atomic E-state index is 10.6. The van der Waals surface area contributed by atoms with Crippen molar-refractivity contribution >= 4 is 11.8 Å². The van der Waals surface area contributed by atoms with Crippen LogP contribution in [-0.4, -0.2) is 39.3 Å². The van der Waals surface area contributed by atoms with Gasteiger partial charge in [-0.1, -0.05) is 0 Å². The van der Waals surface area contributed by atoms with Gasteiger partial charge in [0.05, 0.1) is 0 Å². The Hall–Kier alpha value is -0.940. The molecule has 0 aliphatic carbocycles. The Morgan fingerprint density at radius 3 is 2.09 bits per heavy atom. The molecule has 3 N–H and O–H groups in total. The number of hydrogen-bond donors (Lipinski definition) is 3. The van der Waals surface area contributed by atoms with Crippen LogP contribution in [0.25, 0.3) is 0 Å². The average molecular weight is 162 g/mol. The molecule has 0 aromatic carbocycles. The molecule has 0 saturated carbocycles. The highest BCUT2D eigenvalue weighted by Crippen LogP contribution is 1.96. The first kappa shape index (κ1) is 10.1. The minimum absolute atomic E-state index is 0.549. The monoisotopic (exact) mass is 162 g/mol. The quantitative estimate of drug-likeness (QED) is 0.481. The number of aliphatic carboxylic acids is 1. The molecule has 0 aliphatic rings. The van der Waals surface area contributed by atoms with E-state index in [-0.39, 0.29) is 0 Å². The van der Waals surface area contributed by atoms with Crippen LogP contribution in [0.2, 0.25) is 0 Å². The van der Waals surface area contributed by atoms with Gasteiger partial charge in [-0.3, -0.25) is 4.79 Å². The van der Waals surface area contributed by atoms with Gasteiger partial charge in [0, 0.05) is 6.42 Å². The van der Waals surface area contributed by atoms with Gasteiger partial charge < -0.3 is 15.3 Å². The summed E-state index contributed by atoms with van der Waals surface area (Å²) in [7, 11) is 0. The third kappa shape index (κ3) is 3.69. The van der Waals surface area contributed by atoms with Crippen molar-refractivity contribution in [3.8, 4) is 0 Å². The lowest BCUT2D eigenvalue weighted by Crippen LogP contribution is -2.27. The lowest BCUT2D eigenvalue weighted by molar-refractivity contribution is -0.149. The van der Waals surface area contributed by atoms with Gasteiger partial charge >= 0.3 is 5.97 Å². The number of carboxylic acid groups (broad SMARTS) is 1. The number of carbonyl (C=O) groups is 2. The van der Waals surface area contributed by atoms with E-state index in [4.69, 9.17) is 15.3 Å². The molecule has 5 heteroatoms. The molecule has 0 bridgehead atoms. The van der Waals surface area contributed by atoms with E-state index in [9.17, 15) is 9.59 Å². The first-order chi connectivity index (χ1) is 4.95. The normalized spacial score (nSPS) is 15.5. The van der Waals surface area contributed by atoms with Crippen LogP contribution in [-0.2, 0) is 9.59 Å². The summed E-state index contributed by atoms with van der Waals surface area (Å²) >= 11 is 0. The molecule has 0 rings (SSSR count). The van der Waals surface area contributed by atoms with Crippen molar-refractivity contribution in [1.29, 1.82) is 0 Å². The minimum atomic E-state index is -1.71. The van der Waals surface area contributed by atoms with Crippen molar-refractivity contribution in [2.45, 2.75) is 25.6 Å². The van der Waals surface area contributed by atoms with Gasteiger partial charge in [0.2, 0.25) is 0 Å². The number of ketones is 1. The van der Waals surface area contributed by atoms with Crippen LogP contribution >= 0.6 is 0 Å². The van der Waals surface area contributed by atoms with Crippen molar-refractivity contribution in [3.63, 3.8) is 0 Å². The molecule has 0 aliphatic heterocycles. The predicted octanol–water partition coefficient (Wildman–Crippen LogP) is -1.23. The lowest BCUT2D eigenvalue weighted by atomic mass is 10.1. The van der Waals surface area contributed by atoms with Gasteiger partial charge in [-0.25, -0.2) is 4.79 Å². The topological polar surface area (TPSA) is 94.8 Å². The fraction of sp³-hybridized carbons (Fsp3) is 0.667. The van der Waals surface area contributed by atoms with E-state index >= 15 is 0 Å². The molecule has 0 saturated heterocycles. The zero-order valence-electron chi connectivity index (χ0n) is 6.02. The average Bonchev–Trinajstić information content (AvgIpc) is 1.87. The smallest absolute Gasteiger partial charge is 0.332 e. The molecule has 64 valence electrons. The zero-order chi connectivity index (χ0) is 9.02. The van der Waals surface area contributed by atoms with Crippen LogP contribution in [0.15, 0.2) is 0 Å². The van der Waals surface area contributed by atoms with Gasteiger partial charge in [-0.2, -0.15) is 0 Å². The molecule has 5 nitrogen and oxygen atoms in total. The minimum Gasteiger partial charge on any atom is -0.479 e. The maximum absolute atomic E-state index is 10.6. The highest BCUT2D eigenvalue weighted by Gasteiger charge is 2.20. The molecule has 0 heterocycles. The second-order valence-corrected chi connectivity index (χ2v) is 2.20. The molecule has 11 heavy (non-hydrogen) atoms. The lowest BCUT2D eigenvalue weighted by Gasteiger charge is -2.05. The summed E-state index contributed by atoms with van der Waals surface area (Å²) in [6.45, 7) is 1.22. The summed E-state index contributed by atoms with van der Waals surface area (Å²) in [6, 6.07) is 0.